The molecule has 0 atom stereocenters. The summed E-state index contributed by atoms with van der Waals surface area (Å²) in [7, 11) is 0. The fourth-order valence-electron chi connectivity index (χ4n) is 0.777. The van der Waals surface area contributed by atoms with E-state index in [0.717, 1.165) is 11.4 Å². The second kappa shape index (κ2) is 11.1. The number of carbonyl (C=O) groups is 4. The summed E-state index contributed by atoms with van der Waals surface area (Å²) in [6.07, 6.45) is 2.34. The number of carbonyl (C=O) groups excluding carboxylic acids is 4. The van der Waals surface area contributed by atoms with Gasteiger partial charge in [0, 0.05) is 19.1 Å². The van der Waals surface area contributed by atoms with Crippen LogP contribution in [0.25, 0.3) is 0 Å². The van der Waals surface area contributed by atoms with Crippen molar-refractivity contribution >= 4 is 23.5 Å². The molecule has 7 nitrogen and oxygen atoms in total. The molecular formula is C12H21N3O4. The number of rotatable bonds is 2. The zero-order valence-corrected chi connectivity index (χ0v) is 11.7. The summed E-state index contributed by atoms with van der Waals surface area (Å²) in [5.74, 6) is -0.898. The van der Waals surface area contributed by atoms with E-state index >= 15 is 0 Å². The predicted octanol–water partition coefficient (Wildman–Crippen LogP) is -0.435. The van der Waals surface area contributed by atoms with Crippen molar-refractivity contribution in [3.63, 3.8) is 0 Å². The molecule has 0 aromatic heterocycles. The summed E-state index contributed by atoms with van der Waals surface area (Å²) in [6.45, 7) is 6.97. The summed E-state index contributed by atoms with van der Waals surface area (Å²) >= 11 is 0. The Hall–Kier alpha value is -2.02. The molecule has 0 saturated heterocycles. The minimum atomic E-state index is -0.395. The number of hydrogen-bond donors (Lipinski definition) is 2. The lowest BCUT2D eigenvalue weighted by Crippen LogP contribution is -2.40. The predicted molar refractivity (Wildman–Crippen MR) is 70.8 cm³/mol. The van der Waals surface area contributed by atoms with E-state index in [2.05, 4.69) is 5.32 Å². The third kappa shape index (κ3) is 12.2. The van der Waals surface area contributed by atoms with Gasteiger partial charge in [0.2, 0.25) is 5.91 Å². The first kappa shape index (κ1) is 19.3. The summed E-state index contributed by atoms with van der Waals surface area (Å²) in [5.41, 5.74) is 4.85. The Kier molecular flexibility index (Phi) is 11.3. The van der Waals surface area contributed by atoms with Crippen LogP contribution >= 0.6 is 0 Å². The molecular weight excluding hydrogens is 250 g/mol. The fraction of sp³-hybridized carbons (Fsp3) is 0.500. The van der Waals surface area contributed by atoms with Gasteiger partial charge in [-0.3, -0.25) is 19.3 Å². The molecule has 108 valence electrons. The van der Waals surface area contributed by atoms with Crippen LogP contribution in [0.4, 0.5) is 0 Å². The molecule has 0 aliphatic carbocycles. The van der Waals surface area contributed by atoms with Crippen LogP contribution < -0.4 is 11.1 Å². The van der Waals surface area contributed by atoms with E-state index in [0.29, 0.717) is 0 Å². The first-order valence-corrected chi connectivity index (χ1v) is 5.71. The molecule has 0 unspecified atom stereocenters. The molecule has 0 aromatic carbocycles. The minimum Gasteiger partial charge on any atom is -0.338 e. The fourth-order valence-corrected chi connectivity index (χ4v) is 0.777. The van der Waals surface area contributed by atoms with Gasteiger partial charge in [-0.25, -0.2) is 0 Å². The average Bonchev–Trinajstić information content (AvgIpc) is 2.56. The van der Waals surface area contributed by atoms with Gasteiger partial charge in [0.25, 0.3) is 11.8 Å². The number of nitrogens with zero attached hydrogens (tertiary/aromatic N) is 1. The molecule has 0 bridgehead atoms. The maximum atomic E-state index is 10.9. The number of Topliss-reactive ketones (excluding diaryl/α,β-unsaturated/α-hetero) is 1. The maximum absolute atomic E-state index is 10.9. The summed E-state index contributed by atoms with van der Waals surface area (Å²) in [5, 5.41) is 2.35. The molecule has 19 heavy (non-hydrogen) atoms. The molecule has 3 N–H and O–H groups in total. The SMILES string of the molecule is CC(=O)NCN1C(=O)C=CC1=O.CC(C)=O.CCN. The largest absolute Gasteiger partial charge is 0.338 e. The van der Waals surface area contributed by atoms with E-state index in [-0.39, 0.29) is 18.4 Å². The Morgan fingerprint density at radius 2 is 1.47 bits per heavy atom. The van der Waals surface area contributed by atoms with Crippen LogP contribution in [-0.4, -0.2) is 41.6 Å². The van der Waals surface area contributed by atoms with Crippen LogP contribution in [0, 0.1) is 0 Å². The molecule has 1 aliphatic rings. The van der Waals surface area contributed by atoms with Crippen molar-refractivity contribution in [2.45, 2.75) is 27.7 Å². The number of nitrogens with two attached hydrogens (primary N) is 1. The van der Waals surface area contributed by atoms with Gasteiger partial charge in [0.1, 0.15) is 12.5 Å². The van der Waals surface area contributed by atoms with Crippen LogP contribution in [0.3, 0.4) is 0 Å². The quantitative estimate of drug-likeness (QED) is 0.662. The topological polar surface area (TPSA) is 110 Å². The molecule has 0 spiro atoms. The van der Waals surface area contributed by atoms with Crippen molar-refractivity contribution in [2.75, 3.05) is 13.2 Å². The molecule has 3 amide bonds. The number of imide groups is 1. The standard InChI is InChI=1S/C7H8N2O3.C3H6O.C2H7N/c1-5(10)8-4-9-6(11)2-3-7(9)12;1-3(2)4;1-2-3/h2-3H,4H2,1H3,(H,8,10);1-2H3;2-3H2,1H3. The normalized spacial score (nSPS) is 12.2. The lowest BCUT2D eigenvalue weighted by atomic mass is 10.6. The Bertz CT molecular complexity index is 342. The van der Waals surface area contributed by atoms with Gasteiger partial charge in [-0.15, -0.1) is 0 Å². The number of amides is 3. The van der Waals surface area contributed by atoms with Crippen molar-refractivity contribution in [1.29, 1.82) is 0 Å². The van der Waals surface area contributed by atoms with Gasteiger partial charge >= 0.3 is 0 Å². The zero-order valence-electron chi connectivity index (χ0n) is 11.7. The first-order chi connectivity index (χ1) is 8.76. The van der Waals surface area contributed by atoms with Gasteiger partial charge in [-0.1, -0.05) is 6.92 Å². The van der Waals surface area contributed by atoms with Crippen molar-refractivity contribution in [3.05, 3.63) is 12.2 Å². The van der Waals surface area contributed by atoms with E-state index in [1.807, 2.05) is 6.92 Å². The van der Waals surface area contributed by atoms with E-state index in [1.54, 1.807) is 0 Å². The average molecular weight is 271 g/mol. The number of hydrogen-bond acceptors (Lipinski definition) is 5. The number of nitrogens with one attached hydrogen (secondary N) is 1. The lowest BCUT2D eigenvalue weighted by Gasteiger charge is -2.12. The number of ketones is 1. The lowest BCUT2D eigenvalue weighted by molar-refractivity contribution is -0.137. The maximum Gasteiger partial charge on any atom is 0.255 e. The highest BCUT2D eigenvalue weighted by Crippen LogP contribution is 2.00. The zero-order chi connectivity index (χ0) is 15.4. The Morgan fingerprint density at radius 3 is 1.74 bits per heavy atom. The van der Waals surface area contributed by atoms with E-state index in [9.17, 15) is 19.2 Å². The van der Waals surface area contributed by atoms with E-state index in [1.165, 1.54) is 32.9 Å². The Balaban J connectivity index is 0. The molecule has 0 radical (unpaired) electrons. The molecule has 7 heteroatoms. The smallest absolute Gasteiger partial charge is 0.255 e. The van der Waals surface area contributed by atoms with Crippen LogP contribution in [0.2, 0.25) is 0 Å². The Morgan fingerprint density at radius 1 is 1.16 bits per heavy atom. The molecule has 0 saturated carbocycles. The van der Waals surface area contributed by atoms with Crippen molar-refractivity contribution in [2.24, 2.45) is 5.73 Å². The van der Waals surface area contributed by atoms with Gasteiger partial charge < -0.3 is 15.8 Å². The molecule has 1 heterocycles. The van der Waals surface area contributed by atoms with Crippen LogP contribution in [0.5, 0.6) is 0 Å². The van der Waals surface area contributed by atoms with E-state index in [4.69, 9.17) is 5.73 Å². The van der Waals surface area contributed by atoms with Crippen LogP contribution in [0.15, 0.2) is 12.2 Å². The highest BCUT2D eigenvalue weighted by Gasteiger charge is 2.22. The minimum absolute atomic E-state index is 0.0556. The van der Waals surface area contributed by atoms with Crippen molar-refractivity contribution in [3.8, 4) is 0 Å². The van der Waals surface area contributed by atoms with Crippen molar-refractivity contribution < 1.29 is 19.2 Å². The van der Waals surface area contributed by atoms with Crippen molar-refractivity contribution in [1.82, 2.24) is 10.2 Å². The van der Waals surface area contributed by atoms with Gasteiger partial charge in [-0.2, -0.15) is 0 Å². The summed E-state index contributed by atoms with van der Waals surface area (Å²) in [4.78, 5) is 42.6. The third-order valence-corrected chi connectivity index (χ3v) is 1.39. The molecule has 1 rings (SSSR count). The monoisotopic (exact) mass is 271 g/mol. The third-order valence-electron chi connectivity index (χ3n) is 1.39. The van der Waals surface area contributed by atoms with Gasteiger partial charge in [0.05, 0.1) is 0 Å². The highest BCUT2D eigenvalue weighted by molar-refractivity contribution is 6.12. The summed E-state index contributed by atoms with van der Waals surface area (Å²) < 4.78 is 0. The van der Waals surface area contributed by atoms with Gasteiger partial charge in [0.15, 0.2) is 0 Å². The second-order valence-electron chi connectivity index (χ2n) is 3.65. The Labute approximate surface area is 112 Å². The highest BCUT2D eigenvalue weighted by atomic mass is 16.2. The van der Waals surface area contributed by atoms with Gasteiger partial charge in [-0.05, 0) is 20.4 Å². The molecule has 1 aliphatic heterocycles. The van der Waals surface area contributed by atoms with Crippen LogP contribution in [0.1, 0.15) is 27.7 Å². The second-order valence-corrected chi connectivity index (χ2v) is 3.65. The summed E-state index contributed by atoms with van der Waals surface area (Å²) in [6, 6.07) is 0. The molecule has 0 fully saturated rings. The first-order valence-electron chi connectivity index (χ1n) is 5.71. The molecule has 0 aromatic rings. The van der Waals surface area contributed by atoms with Crippen LogP contribution in [-0.2, 0) is 19.2 Å². The van der Waals surface area contributed by atoms with E-state index < -0.39 is 11.8 Å².